The van der Waals surface area contributed by atoms with Crippen molar-refractivity contribution in [2.24, 2.45) is 0 Å². The van der Waals surface area contributed by atoms with Crippen LogP contribution in [0.2, 0.25) is 0 Å². The maximum absolute atomic E-state index is 14.2. The number of carbonyl (C=O) groups is 1. The molecular weight excluding hydrogens is 394 g/mol. The van der Waals surface area contributed by atoms with Crippen molar-refractivity contribution >= 4 is 16.8 Å². The molecule has 1 fully saturated rings. The molecule has 3 aromatic rings. The highest BCUT2D eigenvalue weighted by molar-refractivity contribution is 5.86. The normalized spacial score (nSPS) is 15.1. The van der Waals surface area contributed by atoms with Gasteiger partial charge >= 0.3 is 0 Å². The zero-order valence-corrected chi connectivity index (χ0v) is 16.5. The van der Waals surface area contributed by atoms with Gasteiger partial charge in [0.1, 0.15) is 5.82 Å². The molecule has 0 radical (unpaired) electrons. The Hall–Kier alpha value is -3.20. The molecule has 0 saturated carbocycles. The van der Waals surface area contributed by atoms with Gasteiger partial charge in [-0.2, -0.15) is 0 Å². The molecular formula is C21H20F2N4O3. The first kappa shape index (κ1) is 20.1. The maximum Gasteiger partial charge on any atom is 0.252 e. The summed E-state index contributed by atoms with van der Waals surface area (Å²) in [6, 6.07) is 1.76. The second-order valence-electron chi connectivity index (χ2n) is 7.42. The highest BCUT2D eigenvalue weighted by atomic mass is 19.2. The Bertz CT molecular complexity index is 1170. The minimum atomic E-state index is -1.05. The molecule has 0 bridgehead atoms. The van der Waals surface area contributed by atoms with Crippen LogP contribution in [0, 0.1) is 18.6 Å². The lowest BCUT2D eigenvalue weighted by atomic mass is 10.0. The van der Waals surface area contributed by atoms with E-state index < -0.39 is 29.1 Å². The van der Waals surface area contributed by atoms with Gasteiger partial charge in [0.15, 0.2) is 11.6 Å². The van der Waals surface area contributed by atoms with Gasteiger partial charge in [-0.25, -0.2) is 18.7 Å². The number of hydrogen-bond donors (Lipinski definition) is 2. The van der Waals surface area contributed by atoms with Crippen molar-refractivity contribution in [3.05, 3.63) is 69.0 Å². The van der Waals surface area contributed by atoms with Crippen molar-refractivity contribution in [1.29, 1.82) is 0 Å². The summed E-state index contributed by atoms with van der Waals surface area (Å²) < 4.78 is 33.0. The van der Waals surface area contributed by atoms with Crippen LogP contribution in [-0.4, -0.2) is 34.1 Å². The lowest BCUT2D eigenvalue weighted by molar-refractivity contribution is -0.121. The largest absolute Gasteiger partial charge is 0.380 e. The van der Waals surface area contributed by atoms with E-state index in [0.29, 0.717) is 25.0 Å². The third-order valence-electron chi connectivity index (χ3n) is 5.35. The van der Waals surface area contributed by atoms with Gasteiger partial charge in [-0.1, -0.05) is 0 Å². The van der Waals surface area contributed by atoms with Crippen LogP contribution in [0.1, 0.15) is 41.4 Å². The van der Waals surface area contributed by atoms with Crippen LogP contribution in [0.3, 0.4) is 0 Å². The van der Waals surface area contributed by atoms with E-state index >= 15 is 0 Å². The SMILES string of the molecule is Cc1c(CC(=O)N[C@@H](C)c2ncc(C3COC3)cn2)c(=O)[nH]c2ccc(F)c(F)c12. The molecule has 0 spiro atoms. The van der Waals surface area contributed by atoms with Crippen LogP contribution in [0.15, 0.2) is 29.3 Å². The van der Waals surface area contributed by atoms with Gasteiger partial charge in [0.2, 0.25) is 5.91 Å². The number of pyridine rings is 1. The Labute approximate surface area is 170 Å². The van der Waals surface area contributed by atoms with E-state index in [4.69, 9.17) is 4.74 Å². The molecule has 7 nitrogen and oxygen atoms in total. The molecule has 156 valence electrons. The predicted octanol–water partition coefficient (Wildman–Crippen LogP) is 2.44. The number of fused-ring (bicyclic) bond motifs is 1. The van der Waals surface area contributed by atoms with E-state index in [2.05, 4.69) is 20.3 Å². The molecule has 1 aliphatic rings. The first-order valence-electron chi connectivity index (χ1n) is 9.53. The monoisotopic (exact) mass is 414 g/mol. The standard InChI is InChI=1S/C21H20F2N4O3/c1-10-14(21(29)27-16-4-3-15(22)19(23)18(10)16)5-17(28)26-11(2)20-24-6-12(7-25-20)13-8-30-9-13/h3-4,6-7,11,13H,5,8-9H2,1-2H3,(H,26,28)(H,27,29)/t11-/m0/s1. The fourth-order valence-corrected chi connectivity index (χ4v) is 3.48. The van der Waals surface area contributed by atoms with Crippen LogP contribution in [-0.2, 0) is 16.0 Å². The van der Waals surface area contributed by atoms with Crippen molar-refractivity contribution in [3.8, 4) is 0 Å². The van der Waals surface area contributed by atoms with Crippen molar-refractivity contribution in [1.82, 2.24) is 20.3 Å². The lowest BCUT2D eigenvalue weighted by Crippen LogP contribution is -2.32. The molecule has 9 heteroatoms. The molecule has 2 aromatic heterocycles. The number of benzene rings is 1. The second kappa shape index (κ2) is 7.91. The summed E-state index contributed by atoms with van der Waals surface area (Å²) in [5, 5.41) is 2.70. The Morgan fingerprint density at radius 2 is 2.00 bits per heavy atom. The molecule has 1 amide bonds. The van der Waals surface area contributed by atoms with Gasteiger partial charge in [-0.05, 0) is 37.1 Å². The van der Waals surface area contributed by atoms with Crippen LogP contribution in [0.25, 0.3) is 10.9 Å². The Kier molecular flexibility index (Phi) is 5.29. The van der Waals surface area contributed by atoms with Crippen molar-refractivity contribution < 1.29 is 18.3 Å². The highest BCUT2D eigenvalue weighted by Crippen LogP contribution is 2.24. The van der Waals surface area contributed by atoms with Gasteiger partial charge in [0.05, 0.1) is 31.2 Å². The summed E-state index contributed by atoms with van der Waals surface area (Å²) in [5.41, 5.74) is 0.961. The second-order valence-corrected chi connectivity index (χ2v) is 7.42. The van der Waals surface area contributed by atoms with Crippen molar-refractivity contribution in [2.45, 2.75) is 32.2 Å². The molecule has 3 heterocycles. The molecule has 30 heavy (non-hydrogen) atoms. The van der Waals surface area contributed by atoms with E-state index in [1.54, 1.807) is 19.3 Å². The number of ether oxygens (including phenoxy) is 1. The van der Waals surface area contributed by atoms with Gasteiger partial charge in [-0.3, -0.25) is 9.59 Å². The summed E-state index contributed by atoms with van der Waals surface area (Å²) in [6.45, 7) is 4.53. The van der Waals surface area contributed by atoms with E-state index in [-0.39, 0.29) is 28.5 Å². The van der Waals surface area contributed by atoms with Gasteiger partial charge in [-0.15, -0.1) is 0 Å². The Morgan fingerprint density at radius 1 is 1.30 bits per heavy atom. The molecule has 1 saturated heterocycles. The highest BCUT2D eigenvalue weighted by Gasteiger charge is 2.22. The quantitative estimate of drug-likeness (QED) is 0.669. The number of aryl methyl sites for hydroxylation is 1. The summed E-state index contributed by atoms with van der Waals surface area (Å²) in [4.78, 5) is 36.0. The van der Waals surface area contributed by atoms with E-state index in [0.717, 1.165) is 11.6 Å². The van der Waals surface area contributed by atoms with Crippen LogP contribution in [0.5, 0.6) is 0 Å². The first-order chi connectivity index (χ1) is 14.3. The van der Waals surface area contributed by atoms with Crippen LogP contribution < -0.4 is 10.9 Å². The fraction of sp³-hybridized carbons (Fsp3) is 0.333. The molecule has 0 unspecified atom stereocenters. The van der Waals surface area contributed by atoms with E-state index in [9.17, 15) is 18.4 Å². The zero-order chi connectivity index (χ0) is 21.4. The number of nitrogens with one attached hydrogen (secondary N) is 2. The number of hydrogen-bond acceptors (Lipinski definition) is 5. The molecule has 1 atom stereocenters. The Balaban J connectivity index is 1.51. The van der Waals surface area contributed by atoms with Crippen LogP contribution >= 0.6 is 0 Å². The summed E-state index contributed by atoms with van der Waals surface area (Å²) >= 11 is 0. The molecule has 0 aliphatic carbocycles. The number of halogens is 2. The number of H-pyrrole nitrogens is 1. The predicted molar refractivity (Wildman–Crippen MR) is 105 cm³/mol. The van der Waals surface area contributed by atoms with Gasteiger partial charge < -0.3 is 15.0 Å². The number of aromatic amines is 1. The van der Waals surface area contributed by atoms with E-state index in [1.165, 1.54) is 13.0 Å². The Morgan fingerprint density at radius 3 is 2.63 bits per heavy atom. The van der Waals surface area contributed by atoms with Crippen LogP contribution in [0.4, 0.5) is 8.78 Å². The van der Waals surface area contributed by atoms with Gasteiger partial charge in [0.25, 0.3) is 5.56 Å². The minimum Gasteiger partial charge on any atom is -0.380 e. The third-order valence-corrected chi connectivity index (χ3v) is 5.35. The molecule has 1 aromatic carbocycles. The number of carbonyl (C=O) groups excluding carboxylic acids is 1. The first-order valence-corrected chi connectivity index (χ1v) is 9.53. The van der Waals surface area contributed by atoms with E-state index in [1.807, 2.05) is 0 Å². The van der Waals surface area contributed by atoms with Crippen molar-refractivity contribution in [3.63, 3.8) is 0 Å². The van der Waals surface area contributed by atoms with Gasteiger partial charge in [0, 0.05) is 29.3 Å². The number of rotatable bonds is 5. The number of amides is 1. The molecule has 4 rings (SSSR count). The average molecular weight is 414 g/mol. The summed E-state index contributed by atoms with van der Waals surface area (Å²) in [6.07, 6.45) is 3.15. The average Bonchev–Trinajstić information content (AvgIpc) is 2.67. The minimum absolute atomic E-state index is 0.0376. The lowest BCUT2D eigenvalue weighted by Gasteiger charge is -2.25. The number of nitrogens with zero attached hydrogens (tertiary/aromatic N) is 2. The third kappa shape index (κ3) is 3.68. The summed E-state index contributed by atoms with van der Waals surface area (Å²) in [5.74, 6) is -1.79. The number of aromatic nitrogens is 3. The topological polar surface area (TPSA) is 97.0 Å². The summed E-state index contributed by atoms with van der Waals surface area (Å²) in [7, 11) is 0. The smallest absolute Gasteiger partial charge is 0.252 e. The molecule has 2 N–H and O–H groups in total. The fourth-order valence-electron chi connectivity index (χ4n) is 3.48. The zero-order valence-electron chi connectivity index (χ0n) is 16.5. The van der Waals surface area contributed by atoms with Crippen molar-refractivity contribution in [2.75, 3.05) is 13.2 Å². The maximum atomic E-state index is 14.2. The molecule has 1 aliphatic heterocycles.